The lowest BCUT2D eigenvalue weighted by Gasteiger charge is -2.01. The molecule has 0 bridgehead atoms. The summed E-state index contributed by atoms with van der Waals surface area (Å²) in [6, 6.07) is 7.50. The van der Waals surface area contributed by atoms with Crippen LogP contribution in [0, 0.1) is 0 Å². The molecule has 0 saturated heterocycles. The van der Waals surface area contributed by atoms with Gasteiger partial charge < -0.3 is 5.11 Å². The smallest absolute Gasteiger partial charge is 0.156 e. The lowest BCUT2D eigenvalue weighted by molar-refractivity contribution is -0.112. The Balaban J connectivity index is 2.84. The zero-order chi connectivity index (χ0) is 11.3. The number of benzene rings is 1. The summed E-state index contributed by atoms with van der Waals surface area (Å²) >= 11 is 1.74. The molecule has 0 heterocycles. The van der Waals surface area contributed by atoms with Crippen LogP contribution in [0.15, 0.2) is 35.2 Å². The summed E-state index contributed by atoms with van der Waals surface area (Å²) in [6.07, 6.45) is 1.22. The Morgan fingerprint density at radius 3 is 2.47 bits per heavy atom. The number of aliphatic hydroxyl groups excluding tert-OH is 1. The Kier molecular flexibility index (Phi) is 4.43. The molecule has 0 aliphatic rings. The predicted octanol–water partition coefficient (Wildman–Crippen LogP) is 3.29. The second-order valence-electron chi connectivity index (χ2n) is 3.10. The third-order valence-electron chi connectivity index (χ3n) is 1.80. The average Bonchev–Trinajstić information content (AvgIpc) is 2.18. The molecule has 0 spiro atoms. The average molecular weight is 222 g/mol. The van der Waals surface area contributed by atoms with Crippen molar-refractivity contribution < 1.29 is 9.90 Å². The molecule has 0 atom stereocenters. The van der Waals surface area contributed by atoms with Crippen molar-refractivity contribution in [1.29, 1.82) is 0 Å². The van der Waals surface area contributed by atoms with Gasteiger partial charge in [-0.2, -0.15) is 0 Å². The SMILES string of the molecule is CCSc1ccc(/C(O)=C/C(C)=O)cc1. The van der Waals surface area contributed by atoms with Gasteiger partial charge >= 0.3 is 0 Å². The summed E-state index contributed by atoms with van der Waals surface area (Å²) in [4.78, 5) is 11.9. The first kappa shape index (κ1) is 11.9. The van der Waals surface area contributed by atoms with Crippen molar-refractivity contribution in [2.45, 2.75) is 18.7 Å². The van der Waals surface area contributed by atoms with Crippen molar-refractivity contribution in [2.75, 3.05) is 5.75 Å². The van der Waals surface area contributed by atoms with Crippen LogP contribution in [-0.2, 0) is 4.79 Å². The summed E-state index contributed by atoms with van der Waals surface area (Å²) < 4.78 is 0. The molecular weight excluding hydrogens is 208 g/mol. The molecule has 0 aliphatic carbocycles. The van der Waals surface area contributed by atoms with Crippen LogP contribution >= 0.6 is 11.8 Å². The second kappa shape index (κ2) is 5.61. The van der Waals surface area contributed by atoms with E-state index in [0.29, 0.717) is 5.56 Å². The highest BCUT2D eigenvalue weighted by molar-refractivity contribution is 7.99. The number of rotatable bonds is 4. The van der Waals surface area contributed by atoms with Gasteiger partial charge in [-0.25, -0.2) is 0 Å². The zero-order valence-corrected chi connectivity index (χ0v) is 9.67. The van der Waals surface area contributed by atoms with E-state index in [-0.39, 0.29) is 11.5 Å². The Labute approximate surface area is 94.0 Å². The number of aliphatic hydroxyl groups is 1. The van der Waals surface area contributed by atoms with Crippen molar-refractivity contribution in [3.63, 3.8) is 0 Å². The Hall–Kier alpha value is -1.22. The fraction of sp³-hybridized carbons (Fsp3) is 0.250. The van der Waals surface area contributed by atoms with E-state index < -0.39 is 0 Å². The highest BCUT2D eigenvalue weighted by atomic mass is 32.2. The zero-order valence-electron chi connectivity index (χ0n) is 8.86. The van der Waals surface area contributed by atoms with Gasteiger partial charge in [0.15, 0.2) is 5.78 Å². The highest BCUT2D eigenvalue weighted by Gasteiger charge is 2.00. The monoisotopic (exact) mass is 222 g/mol. The van der Waals surface area contributed by atoms with Crippen LogP contribution in [-0.4, -0.2) is 16.6 Å². The van der Waals surface area contributed by atoms with E-state index in [1.165, 1.54) is 13.0 Å². The van der Waals surface area contributed by atoms with Crippen molar-refractivity contribution in [3.8, 4) is 0 Å². The number of carbonyl (C=O) groups is 1. The van der Waals surface area contributed by atoms with Crippen LogP contribution < -0.4 is 0 Å². The molecule has 0 aliphatic heterocycles. The van der Waals surface area contributed by atoms with Crippen molar-refractivity contribution >= 4 is 23.3 Å². The number of ketones is 1. The molecule has 1 aromatic carbocycles. The summed E-state index contributed by atoms with van der Waals surface area (Å²) in [5.41, 5.74) is 0.672. The molecule has 0 saturated carbocycles. The fourth-order valence-electron chi connectivity index (χ4n) is 1.16. The molecule has 3 heteroatoms. The minimum atomic E-state index is -0.153. The van der Waals surface area contributed by atoms with Crippen molar-refractivity contribution in [3.05, 3.63) is 35.9 Å². The van der Waals surface area contributed by atoms with Crippen LogP contribution in [0.25, 0.3) is 5.76 Å². The van der Waals surface area contributed by atoms with E-state index in [4.69, 9.17) is 0 Å². The maximum atomic E-state index is 10.8. The molecule has 0 unspecified atom stereocenters. The third kappa shape index (κ3) is 3.80. The predicted molar refractivity (Wildman–Crippen MR) is 64.1 cm³/mol. The number of thioether (sulfide) groups is 1. The fourth-order valence-corrected chi connectivity index (χ4v) is 1.83. The Bertz CT molecular complexity index is 366. The molecule has 0 amide bonds. The molecule has 1 rings (SSSR count). The number of hydrogen-bond acceptors (Lipinski definition) is 3. The van der Waals surface area contributed by atoms with Gasteiger partial charge in [0.25, 0.3) is 0 Å². The normalized spacial score (nSPS) is 11.5. The molecule has 0 radical (unpaired) electrons. The molecule has 1 N–H and O–H groups in total. The van der Waals surface area contributed by atoms with Crippen LogP contribution in [0.3, 0.4) is 0 Å². The van der Waals surface area contributed by atoms with Crippen LogP contribution in [0.1, 0.15) is 19.4 Å². The first-order valence-electron chi connectivity index (χ1n) is 4.78. The second-order valence-corrected chi connectivity index (χ2v) is 4.44. The minimum Gasteiger partial charge on any atom is -0.507 e. The van der Waals surface area contributed by atoms with Crippen LogP contribution in [0.2, 0.25) is 0 Å². The van der Waals surface area contributed by atoms with E-state index in [1.54, 1.807) is 11.8 Å². The van der Waals surface area contributed by atoms with E-state index in [2.05, 4.69) is 6.92 Å². The third-order valence-corrected chi connectivity index (χ3v) is 2.70. The first-order chi connectivity index (χ1) is 7.13. The molecule has 15 heavy (non-hydrogen) atoms. The molecule has 1 aromatic rings. The summed E-state index contributed by atoms with van der Waals surface area (Å²) in [7, 11) is 0. The maximum Gasteiger partial charge on any atom is 0.156 e. The molecule has 0 fully saturated rings. The number of allylic oxidation sites excluding steroid dienone is 1. The van der Waals surface area contributed by atoms with E-state index in [9.17, 15) is 9.90 Å². The van der Waals surface area contributed by atoms with Crippen LogP contribution in [0.5, 0.6) is 0 Å². The van der Waals surface area contributed by atoms with Crippen LogP contribution in [0.4, 0.5) is 0 Å². The van der Waals surface area contributed by atoms with Gasteiger partial charge in [0.05, 0.1) is 0 Å². The van der Waals surface area contributed by atoms with Gasteiger partial charge in [0.1, 0.15) is 5.76 Å². The van der Waals surface area contributed by atoms with E-state index >= 15 is 0 Å². The highest BCUT2D eigenvalue weighted by Crippen LogP contribution is 2.20. The van der Waals surface area contributed by atoms with Gasteiger partial charge in [0, 0.05) is 16.5 Å². The van der Waals surface area contributed by atoms with Gasteiger partial charge in [-0.05, 0) is 24.8 Å². The van der Waals surface area contributed by atoms with Crippen molar-refractivity contribution in [2.24, 2.45) is 0 Å². The van der Waals surface area contributed by atoms with Crippen molar-refractivity contribution in [1.82, 2.24) is 0 Å². The lowest BCUT2D eigenvalue weighted by Crippen LogP contribution is -1.88. The minimum absolute atomic E-state index is 0.0237. The largest absolute Gasteiger partial charge is 0.507 e. The molecule has 2 nitrogen and oxygen atoms in total. The first-order valence-corrected chi connectivity index (χ1v) is 5.76. The number of carbonyl (C=O) groups excluding carboxylic acids is 1. The summed E-state index contributed by atoms with van der Waals surface area (Å²) in [6.45, 7) is 3.50. The number of hydrogen-bond donors (Lipinski definition) is 1. The summed E-state index contributed by atoms with van der Waals surface area (Å²) in [5, 5.41) is 9.55. The Morgan fingerprint density at radius 1 is 1.40 bits per heavy atom. The molecular formula is C12H14O2S. The topological polar surface area (TPSA) is 37.3 Å². The lowest BCUT2D eigenvalue weighted by atomic mass is 10.1. The quantitative estimate of drug-likeness (QED) is 0.482. The Morgan fingerprint density at radius 2 is 2.00 bits per heavy atom. The molecule has 0 aromatic heterocycles. The van der Waals surface area contributed by atoms with Gasteiger partial charge in [0.2, 0.25) is 0 Å². The standard InChI is InChI=1S/C12H14O2S/c1-3-15-11-6-4-10(5-7-11)12(14)8-9(2)13/h4-8,14H,3H2,1-2H3/b12-8-. The molecule has 80 valence electrons. The van der Waals surface area contributed by atoms with Gasteiger partial charge in [-0.1, -0.05) is 19.1 Å². The maximum absolute atomic E-state index is 10.8. The van der Waals surface area contributed by atoms with E-state index in [0.717, 1.165) is 10.6 Å². The van der Waals surface area contributed by atoms with E-state index in [1.807, 2.05) is 24.3 Å². The van der Waals surface area contributed by atoms with Gasteiger partial charge in [-0.15, -0.1) is 11.8 Å². The summed E-state index contributed by atoms with van der Waals surface area (Å²) in [5.74, 6) is 0.893. The van der Waals surface area contributed by atoms with Gasteiger partial charge in [-0.3, -0.25) is 4.79 Å².